The number of halogens is 1. The van der Waals surface area contributed by atoms with Crippen molar-refractivity contribution in [2.75, 3.05) is 0 Å². The highest BCUT2D eigenvalue weighted by atomic mass is 79.9. The molecule has 2 aromatic heterocycles. The number of hydrogen-bond donors (Lipinski definition) is 0. The van der Waals surface area contributed by atoms with Gasteiger partial charge in [-0.1, -0.05) is 28.1 Å². The first kappa shape index (κ1) is 12.0. The molecule has 0 atom stereocenters. The summed E-state index contributed by atoms with van der Waals surface area (Å²) in [7, 11) is 0. The fourth-order valence-corrected chi connectivity index (χ4v) is 2.17. The Kier molecular flexibility index (Phi) is 3.33. The third kappa shape index (κ3) is 2.85. The van der Waals surface area contributed by atoms with Crippen LogP contribution in [0.3, 0.4) is 0 Å². The number of benzene rings is 1. The number of tetrazole rings is 1. The Labute approximate surface area is 118 Å². The average Bonchev–Trinajstić information content (AvgIpc) is 2.88. The van der Waals surface area contributed by atoms with Gasteiger partial charge in [-0.05, 0) is 35.0 Å². The predicted octanol–water partition coefficient (Wildman–Crippen LogP) is 2.55. The molecule has 0 saturated heterocycles. The highest BCUT2D eigenvalue weighted by Gasteiger charge is 2.06. The van der Waals surface area contributed by atoms with Gasteiger partial charge in [-0.2, -0.15) is 4.80 Å². The summed E-state index contributed by atoms with van der Waals surface area (Å²) in [4.78, 5) is 5.62. The molecule has 3 rings (SSSR count). The van der Waals surface area contributed by atoms with E-state index in [1.54, 1.807) is 17.2 Å². The van der Waals surface area contributed by atoms with Gasteiger partial charge in [-0.15, -0.1) is 10.2 Å². The molecule has 0 unspecified atom stereocenters. The Morgan fingerprint density at radius 1 is 1.16 bits per heavy atom. The first-order valence-corrected chi connectivity index (χ1v) is 6.53. The molecule has 0 radical (unpaired) electrons. The van der Waals surface area contributed by atoms with Gasteiger partial charge in [0.1, 0.15) is 0 Å². The van der Waals surface area contributed by atoms with Crippen LogP contribution in [-0.4, -0.2) is 25.2 Å². The number of rotatable bonds is 3. The summed E-state index contributed by atoms with van der Waals surface area (Å²) in [5.74, 6) is 0.586. The minimum absolute atomic E-state index is 0.586. The monoisotopic (exact) mass is 315 g/mol. The Bertz CT molecular complexity index is 680. The van der Waals surface area contributed by atoms with Crippen LogP contribution in [0.1, 0.15) is 5.56 Å². The Morgan fingerprint density at radius 3 is 2.89 bits per heavy atom. The molecular formula is C13H10BrN5. The van der Waals surface area contributed by atoms with Crippen molar-refractivity contribution in [2.45, 2.75) is 6.54 Å². The van der Waals surface area contributed by atoms with Crippen LogP contribution < -0.4 is 0 Å². The summed E-state index contributed by atoms with van der Waals surface area (Å²) in [6.45, 7) is 0.590. The van der Waals surface area contributed by atoms with Crippen LogP contribution in [0.15, 0.2) is 53.3 Å². The van der Waals surface area contributed by atoms with Crippen LogP contribution in [0.25, 0.3) is 11.4 Å². The van der Waals surface area contributed by atoms with Crippen LogP contribution in [0.2, 0.25) is 0 Å². The minimum atomic E-state index is 0.586. The zero-order valence-electron chi connectivity index (χ0n) is 9.94. The van der Waals surface area contributed by atoms with Crippen LogP contribution in [0, 0.1) is 0 Å². The zero-order chi connectivity index (χ0) is 13.1. The van der Waals surface area contributed by atoms with Crippen molar-refractivity contribution in [1.82, 2.24) is 25.2 Å². The number of nitrogens with zero attached hydrogens (tertiary/aromatic N) is 5. The zero-order valence-corrected chi connectivity index (χ0v) is 11.5. The summed E-state index contributed by atoms with van der Waals surface area (Å²) >= 11 is 3.44. The second kappa shape index (κ2) is 5.27. The van der Waals surface area contributed by atoms with Crippen LogP contribution in [0.4, 0.5) is 0 Å². The van der Waals surface area contributed by atoms with Crippen molar-refractivity contribution in [3.8, 4) is 11.4 Å². The van der Waals surface area contributed by atoms with Gasteiger partial charge in [0.15, 0.2) is 0 Å². The molecule has 0 spiro atoms. The van der Waals surface area contributed by atoms with Crippen molar-refractivity contribution in [3.63, 3.8) is 0 Å². The van der Waals surface area contributed by atoms with Gasteiger partial charge in [0.05, 0.1) is 6.54 Å². The molecule has 0 aliphatic rings. The van der Waals surface area contributed by atoms with E-state index in [1.165, 1.54) is 0 Å². The molecule has 0 bridgehead atoms. The summed E-state index contributed by atoms with van der Waals surface area (Å²) in [6.07, 6.45) is 3.44. The van der Waals surface area contributed by atoms with E-state index in [2.05, 4.69) is 36.3 Å². The molecule has 6 heteroatoms. The molecule has 0 amide bonds. The molecule has 2 heterocycles. The first-order valence-electron chi connectivity index (χ1n) is 5.74. The molecule has 3 aromatic rings. The maximum atomic E-state index is 4.34. The topological polar surface area (TPSA) is 56.5 Å². The molecule has 0 N–H and O–H groups in total. The van der Waals surface area contributed by atoms with Gasteiger partial charge in [-0.3, -0.25) is 4.98 Å². The summed E-state index contributed by atoms with van der Waals surface area (Å²) in [5.41, 5.74) is 1.98. The highest BCUT2D eigenvalue weighted by molar-refractivity contribution is 9.10. The molecule has 0 aliphatic heterocycles. The minimum Gasteiger partial charge on any atom is -0.264 e. The molecular weight excluding hydrogens is 306 g/mol. The number of pyridine rings is 1. The van der Waals surface area contributed by atoms with Crippen molar-refractivity contribution < 1.29 is 0 Å². The summed E-state index contributed by atoms with van der Waals surface area (Å²) in [6, 6.07) is 11.8. The van der Waals surface area contributed by atoms with E-state index in [9.17, 15) is 0 Å². The molecule has 5 nitrogen and oxygen atoms in total. The maximum absolute atomic E-state index is 4.34. The fourth-order valence-electron chi connectivity index (χ4n) is 1.72. The standard InChI is InChI=1S/C13H10BrN5/c14-12-5-1-3-10(7-12)9-19-17-13(16-18-19)11-4-2-6-15-8-11/h1-8H,9H2. The second-order valence-corrected chi connectivity index (χ2v) is 4.93. The molecule has 94 valence electrons. The van der Waals surface area contributed by atoms with E-state index in [-0.39, 0.29) is 0 Å². The second-order valence-electron chi connectivity index (χ2n) is 4.02. The lowest BCUT2D eigenvalue weighted by molar-refractivity contribution is 0.572. The third-order valence-electron chi connectivity index (χ3n) is 2.59. The van der Waals surface area contributed by atoms with Gasteiger partial charge in [-0.25, -0.2) is 0 Å². The van der Waals surface area contributed by atoms with E-state index < -0.39 is 0 Å². The Hall–Kier alpha value is -2.08. The van der Waals surface area contributed by atoms with E-state index >= 15 is 0 Å². The SMILES string of the molecule is Brc1cccc(Cn2nnc(-c3cccnc3)n2)c1. The van der Waals surface area contributed by atoms with Crippen molar-refractivity contribution in [2.24, 2.45) is 0 Å². The number of hydrogen-bond acceptors (Lipinski definition) is 4. The predicted molar refractivity (Wildman–Crippen MR) is 74.3 cm³/mol. The first-order chi connectivity index (χ1) is 9.31. The molecule has 1 aromatic carbocycles. The molecule has 0 saturated carbocycles. The lowest BCUT2D eigenvalue weighted by Crippen LogP contribution is -2.03. The number of aromatic nitrogens is 5. The van der Waals surface area contributed by atoms with Crippen molar-refractivity contribution in [1.29, 1.82) is 0 Å². The van der Waals surface area contributed by atoms with Gasteiger partial charge in [0, 0.05) is 22.4 Å². The molecule has 19 heavy (non-hydrogen) atoms. The van der Waals surface area contributed by atoms with Gasteiger partial charge >= 0.3 is 0 Å². The van der Waals surface area contributed by atoms with Gasteiger partial charge < -0.3 is 0 Å². The van der Waals surface area contributed by atoms with Gasteiger partial charge in [0.25, 0.3) is 0 Å². The largest absolute Gasteiger partial charge is 0.264 e. The van der Waals surface area contributed by atoms with Crippen LogP contribution >= 0.6 is 15.9 Å². The van der Waals surface area contributed by atoms with Gasteiger partial charge in [0.2, 0.25) is 5.82 Å². The molecule has 0 aliphatic carbocycles. The summed E-state index contributed by atoms with van der Waals surface area (Å²) < 4.78 is 1.04. The summed E-state index contributed by atoms with van der Waals surface area (Å²) in [5, 5.41) is 12.4. The van der Waals surface area contributed by atoms with Crippen LogP contribution in [-0.2, 0) is 6.54 Å². The lowest BCUT2D eigenvalue weighted by Gasteiger charge is -1.99. The Balaban J connectivity index is 1.82. The van der Waals surface area contributed by atoms with E-state index in [4.69, 9.17) is 0 Å². The van der Waals surface area contributed by atoms with Crippen molar-refractivity contribution in [3.05, 3.63) is 58.8 Å². The fraction of sp³-hybridized carbons (Fsp3) is 0.0769. The normalized spacial score (nSPS) is 10.6. The third-order valence-corrected chi connectivity index (χ3v) is 3.08. The van der Waals surface area contributed by atoms with Crippen LogP contribution in [0.5, 0.6) is 0 Å². The maximum Gasteiger partial charge on any atom is 0.206 e. The average molecular weight is 316 g/mol. The van der Waals surface area contributed by atoms with Crippen molar-refractivity contribution >= 4 is 15.9 Å². The van der Waals surface area contributed by atoms with E-state index in [1.807, 2.05) is 36.4 Å². The smallest absolute Gasteiger partial charge is 0.206 e. The van der Waals surface area contributed by atoms with E-state index in [0.717, 1.165) is 15.6 Å². The Morgan fingerprint density at radius 2 is 2.11 bits per heavy atom. The van der Waals surface area contributed by atoms with E-state index in [0.29, 0.717) is 12.4 Å². The quantitative estimate of drug-likeness (QED) is 0.745. The molecule has 0 fully saturated rings. The lowest BCUT2D eigenvalue weighted by atomic mass is 10.2. The highest BCUT2D eigenvalue weighted by Crippen LogP contribution is 2.13.